The van der Waals surface area contributed by atoms with Crippen LogP contribution in [0.15, 0.2) is 72.1 Å². The van der Waals surface area contributed by atoms with Crippen LogP contribution in [-0.2, 0) is 11.2 Å². The van der Waals surface area contributed by atoms with Crippen molar-refractivity contribution in [3.8, 4) is 16.2 Å². The maximum Gasteiger partial charge on any atom is 0.339 e. The maximum atomic E-state index is 12.2. The number of aryl methyl sites for hydroxylation is 1. The van der Waals surface area contributed by atoms with Gasteiger partial charge in [-0.25, -0.2) is 4.79 Å². The molecule has 3 aromatic rings. The lowest BCUT2D eigenvalue weighted by atomic mass is 10.1. The summed E-state index contributed by atoms with van der Waals surface area (Å²) in [4.78, 5) is 24.4. The number of benzene rings is 2. The molecular formula is C28H36ClNO4S. The first-order chi connectivity index (χ1) is 16.9. The second-order valence-corrected chi connectivity index (χ2v) is 8.09. The lowest BCUT2D eigenvalue weighted by molar-refractivity contribution is -0.116. The zero-order valence-corrected chi connectivity index (χ0v) is 22.6. The van der Waals surface area contributed by atoms with Gasteiger partial charge in [-0.15, -0.1) is 22.9 Å². The Bertz CT molecular complexity index is 1030. The van der Waals surface area contributed by atoms with E-state index in [1.165, 1.54) is 23.5 Å². The minimum atomic E-state index is -1.12. The lowest BCUT2D eigenvalue weighted by Crippen LogP contribution is -2.14. The number of carboxylic acid groups (broad SMARTS) is 1. The summed E-state index contributed by atoms with van der Waals surface area (Å²) in [5, 5.41) is 23.5. The molecule has 0 aliphatic heterocycles. The second-order valence-electron chi connectivity index (χ2n) is 6.68. The lowest BCUT2D eigenvalue weighted by Gasteiger charge is -2.07. The van der Waals surface area contributed by atoms with Crippen LogP contribution in [0.25, 0.3) is 10.4 Å². The molecule has 35 heavy (non-hydrogen) atoms. The van der Waals surface area contributed by atoms with Crippen molar-refractivity contribution in [2.45, 2.75) is 47.5 Å². The molecule has 3 rings (SSSR count). The third-order valence-corrected chi connectivity index (χ3v) is 5.23. The number of phenolic OH excluding ortho intramolecular Hbond substituents is 1. The number of aromatic carboxylic acids is 1. The SMILES string of the molecule is C/C=C\C.CC.CCCl.O=C(CCc1ccccc1)Nc1csc(-c2cccc(O)c2)c1C(=O)O. The molecule has 2 aromatic carbocycles. The highest BCUT2D eigenvalue weighted by Gasteiger charge is 2.21. The molecule has 0 unspecified atom stereocenters. The number of amides is 1. The first-order valence-corrected chi connectivity index (χ1v) is 12.9. The fourth-order valence-electron chi connectivity index (χ4n) is 2.64. The summed E-state index contributed by atoms with van der Waals surface area (Å²) < 4.78 is 0. The number of carboxylic acids is 1. The predicted molar refractivity (Wildman–Crippen MR) is 150 cm³/mol. The number of anilines is 1. The summed E-state index contributed by atoms with van der Waals surface area (Å²) in [6, 6.07) is 16.0. The minimum Gasteiger partial charge on any atom is -0.508 e. The number of alkyl halides is 1. The summed E-state index contributed by atoms with van der Waals surface area (Å²) in [6.07, 6.45) is 4.85. The van der Waals surface area contributed by atoms with Gasteiger partial charge in [0.05, 0.1) is 10.6 Å². The van der Waals surface area contributed by atoms with Crippen molar-refractivity contribution in [3.05, 3.63) is 83.3 Å². The smallest absolute Gasteiger partial charge is 0.339 e. The van der Waals surface area contributed by atoms with Crippen LogP contribution in [0.5, 0.6) is 5.75 Å². The molecule has 0 spiro atoms. The van der Waals surface area contributed by atoms with Crippen molar-refractivity contribution >= 4 is 40.5 Å². The number of nitrogens with one attached hydrogen (secondary N) is 1. The van der Waals surface area contributed by atoms with Gasteiger partial charge in [-0.05, 0) is 43.5 Å². The van der Waals surface area contributed by atoms with Gasteiger partial charge in [-0.1, -0.05) is 75.4 Å². The van der Waals surface area contributed by atoms with Gasteiger partial charge in [0.15, 0.2) is 0 Å². The zero-order chi connectivity index (χ0) is 26.6. The van der Waals surface area contributed by atoms with E-state index in [9.17, 15) is 19.8 Å². The van der Waals surface area contributed by atoms with Gasteiger partial charge in [0.25, 0.3) is 0 Å². The summed E-state index contributed by atoms with van der Waals surface area (Å²) in [5.41, 5.74) is 1.96. The van der Waals surface area contributed by atoms with E-state index >= 15 is 0 Å². The Balaban J connectivity index is 0.00000112. The Labute approximate surface area is 218 Å². The molecule has 0 aliphatic rings. The van der Waals surface area contributed by atoms with Gasteiger partial charge in [-0.3, -0.25) is 4.79 Å². The zero-order valence-electron chi connectivity index (χ0n) is 21.0. The quantitative estimate of drug-likeness (QED) is 0.227. The first kappa shape index (κ1) is 31.9. The van der Waals surface area contributed by atoms with Gasteiger partial charge in [0.2, 0.25) is 5.91 Å². The number of hydrogen-bond donors (Lipinski definition) is 3. The molecule has 1 aromatic heterocycles. The van der Waals surface area contributed by atoms with Gasteiger partial charge < -0.3 is 15.5 Å². The molecule has 1 amide bonds. The Kier molecular flexibility index (Phi) is 17.5. The normalized spacial score (nSPS) is 9.54. The number of carbonyl (C=O) groups excluding carboxylic acids is 1. The molecule has 0 bridgehead atoms. The van der Waals surface area contributed by atoms with Gasteiger partial charge in [0.1, 0.15) is 11.3 Å². The second kappa shape index (κ2) is 19.2. The van der Waals surface area contributed by atoms with Crippen molar-refractivity contribution in [2.24, 2.45) is 0 Å². The molecule has 3 N–H and O–H groups in total. The highest BCUT2D eigenvalue weighted by atomic mass is 35.5. The molecule has 1 heterocycles. The van der Waals surface area contributed by atoms with Crippen LogP contribution in [0, 0.1) is 0 Å². The number of thiophene rings is 1. The number of phenols is 1. The van der Waals surface area contributed by atoms with Crippen LogP contribution in [0.1, 0.15) is 57.0 Å². The maximum absolute atomic E-state index is 12.2. The Morgan fingerprint density at radius 1 is 1.03 bits per heavy atom. The monoisotopic (exact) mass is 517 g/mol. The van der Waals surface area contributed by atoms with E-state index < -0.39 is 5.97 Å². The van der Waals surface area contributed by atoms with Gasteiger partial charge in [-0.2, -0.15) is 0 Å². The Hall–Kier alpha value is -3.09. The van der Waals surface area contributed by atoms with Crippen LogP contribution in [-0.4, -0.2) is 28.0 Å². The summed E-state index contributed by atoms with van der Waals surface area (Å²) in [6.45, 7) is 9.89. The number of halogens is 1. The number of allylic oxidation sites excluding steroid dienone is 2. The number of carbonyl (C=O) groups is 2. The average Bonchev–Trinajstić information content (AvgIpc) is 3.29. The molecule has 0 saturated heterocycles. The van der Waals surface area contributed by atoms with Crippen LogP contribution in [0.4, 0.5) is 5.69 Å². The molecule has 0 fully saturated rings. The summed E-state index contributed by atoms with van der Waals surface area (Å²) >= 11 is 6.21. The highest BCUT2D eigenvalue weighted by Crippen LogP contribution is 2.37. The minimum absolute atomic E-state index is 0.0358. The molecule has 0 radical (unpaired) electrons. The summed E-state index contributed by atoms with van der Waals surface area (Å²) in [7, 11) is 0. The van der Waals surface area contributed by atoms with Gasteiger partial charge >= 0.3 is 5.97 Å². The predicted octanol–water partition coefficient (Wildman–Crippen LogP) is 8.24. The van der Waals surface area contributed by atoms with E-state index in [1.807, 2.05) is 77.1 Å². The highest BCUT2D eigenvalue weighted by molar-refractivity contribution is 7.14. The fraction of sp³-hybridized carbons (Fsp3) is 0.286. The van der Waals surface area contributed by atoms with Crippen molar-refractivity contribution in [3.63, 3.8) is 0 Å². The van der Waals surface area contributed by atoms with Crippen LogP contribution < -0.4 is 5.32 Å². The first-order valence-electron chi connectivity index (χ1n) is 11.5. The molecule has 7 heteroatoms. The average molecular weight is 518 g/mol. The van der Waals surface area contributed by atoms with Crippen LogP contribution in [0.2, 0.25) is 0 Å². The molecule has 5 nitrogen and oxygen atoms in total. The summed E-state index contributed by atoms with van der Waals surface area (Å²) in [5.74, 6) is -0.583. The van der Waals surface area contributed by atoms with E-state index in [0.717, 1.165) is 11.4 Å². The van der Waals surface area contributed by atoms with Crippen LogP contribution >= 0.6 is 22.9 Å². The van der Waals surface area contributed by atoms with Gasteiger partial charge in [0, 0.05) is 17.7 Å². The third kappa shape index (κ3) is 12.3. The topological polar surface area (TPSA) is 86.6 Å². The number of aromatic hydroxyl groups is 1. The van der Waals surface area contributed by atoms with E-state index in [-0.39, 0.29) is 29.3 Å². The standard InChI is InChI=1S/C20H17NO4S.C4H8.C2H5Cl.C2H6/c22-15-8-4-7-14(11-15)19-18(20(24)25)16(12-26-19)21-17(23)10-9-13-5-2-1-3-6-13;1-3-4-2;1-2-3;1-2/h1-8,11-12,22H,9-10H2,(H,21,23)(H,24,25);3-4H,1-2H3;2H2,1H3;1-2H3/b;4-3-;;. The van der Waals surface area contributed by atoms with E-state index in [4.69, 9.17) is 11.6 Å². The Morgan fingerprint density at radius 2 is 1.63 bits per heavy atom. The fourth-order valence-corrected chi connectivity index (χ4v) is 3.63. The molecule has 0 aliphatic carbocycles. The molecule has 190 valence electrons. The van der Waals surface area contributed by atoms with E-state index in [0.29, 0.717) is 16.9 Å². The van der Waals surface area contributed by atoms with E-state index in [1.54, 1.807) is 17.5 Å². The third-order valence-electron chi connectivity index (χ3n) is 4.20. The van der Waals surface area contributed by atoms with E-state index in [2.05, 4.69) is 5.32 Å². The van der Waals surface area contributed by atoms with Crippen LogP contribution in [0.3, 0.4) is 0 Å². The molecule has 0 atom stereocenters. The molecular weight excluding hydrogens is 482 g/mol. The van der Waals surface area contributed by atoms with Crippen molar-refractivity contribution < 1.29 is 19.8 Å². The largest absolute Gasteiger partial charge is 0.508 e. The number of rotatable bonds is 6. The van der Waals surface area contributed by atoms with Crippen molar-refractivity contribution in [1.29, 1.82) is 0 Å². The molecule has 0 saturated carbocycles. The Morgan fingerprint density at radius 3 is 2.14 bits per heavy atom. The number of hydrogen-bond acceptors (Lipinski definition) is 4. The van der Waals surface area contributed by atoms with Crippen molar-refractivity contribution in [2.75, 3.05) is 11.2 Å². The van der Waals surface area contributed by atoms with Crippen molar-refractivity contribution in [1.82, 2.24) is 0 Å².